The first-order chi connectivity index (χ1) is 9.61. The van der Waals surface area contributed by atoms with Gasteiger partial charge in [-0.25, -0.2) is 0 Å². The number of nitrogens with one attached hydrogen (secondary N) is 1. The molecule has 0 bridgehead atoms. The van der Waals surface area contributed by atoms with Crippen LogP contribution in [-0.4, -0.2) is 10.6 Å². The highest BCUT2D eigenvalue weighted by atomic mass is 79.9. The normalized spacial score (nSPS) is 21.3. The summed E-state index contributed by atoms with van der Waals surface area (Å²) in [6, 6.07) is 12.5. The number of hydrogen-bond donors (Lipinski definition) is 1. The van der Waals surface area contributed by atoms with Crippen LogP contribution in [0.15, 0.2) is 51.9 Å². The van der Waals surface area contributed by atoms with Gasteiger partial charge in [0.15, 0.2) is 0 Å². The zero-order valence-corrected chi connectivity index (χ0v) is 12.9. The fourth-order valence-corrected chi connectivity index (χ4v) is 3.10. The SMILES string of the molecule is Cn1cc(NC2CC(c3cccc(Br)c3)C2)ccc1=O. The lowest BCUT2D eigenvalue weighted by atomic mass is 9.76. The molecule has 104 valence electrons. The zero-order valence-electron chi connectivity index (χ0n) is 11.3. The minimum Gasteiger partial charge on any atom is -0.381 e. The first-order valence-electron chi connectivity index (χ1n) is 6.80. The molecule has 20 heavy (non-hydrogen) atoms. The van der Waals surface area contributed by atoms with Gasteiger partial charge in [0.25, 0.3) is 0 Å². The second-order valence-electron chi connectivity index (χ2n) is 5.43. The van der Waals surface area contributed by atoms with Crippen molar-refractivity contribution >= 4 is 21.6 Å². The highest BCUT2D eigenvalue weighted by Gasteiger charge is 2.30. The Hall–Kier alpha value is -1.55. The molecule has 3 nitrogen and oxygen atoms in total. The lowest BCUT2D eigenvalue weighted by Crippen LogP contribution is -2.34. The van der Waals surface area contributed by atoms with Gasteiger partial charge in [-0.2, -0.15) is 0 Å². The third-order valence-electron chi connectivity index (χ3n) is 3.91. The summed E-state index contributed by atoms with van der Waals surface area (Å²) in [5.41, 5.74) is 2.44. The quantitative estimate of drug-likeness (QED) is 0.933. The van der Waals surface area contributed by atoms with Crippen molar-refractivity contribution in [3.63, 3.8) is 0 Å². The molecule has 4 heteroatoms. The third kappa shape index (κ3) is 2.80. The van der Waals surface area contributed by atoms with Gasteiger partial charge >= 0.3 is 0 Å². The van der Waals surface area contributed by atoms with E-state index in [-0.39, 0.29) is 5.56 Å². The smallest absolute Gasteiger partial charge is 0.250 e. The molecule has 1 aliphatic carbocycles. The molecule has 0 unspecified atom stereocenters. The maximum atomic E-state index is 11.3. The number of rotatable bonds is 3. The second-order valence-corrected chi connectivity index (χ2v) is 6.35. The van der Waals surface area contributed by atoms with E-state index >= 15 is 0 Å². The molecular weight excluding hydrogens is 316 g/mol. The number of benzene rings is 1. The van der Waals surface area contributed by atoms with Crippen molar-refractivity contribution in [2.24, 2.45) is 7.05 Å². The van der Waals surface area contributed by atoms with Gasteiger partial charge in [-0.05, 0) is 42.5 Å². The van der Waals surface area contributed by atoms with Crippen molar-refractivity contribution in [1.82, 2.24) is 4.57 Å². The van der Waals surface area contributed by atoms with Gasteiger partial charge in [0.1, 0.15) is 0 Å². The van der Waals surface area contributed by atoms with Gasteiger partial charge in [-0.3, -0.25) is 4.79 Å². The lowest BCUT2D eigenvalue weighted by molar-refractivity contribution is 0.374. The molecule has 0 spiro atoms. The van der Waals surface area contributed by atoms with Gasteiger partial charge < -0.3 is 9.88 Å². The molecule has 0 atom stereocenters. The Bertz CT molecular complexity index is 674. The number of halogens is 1. The van der Waals surface area contributed by atoms with Crippen LogP contribution in [0.5, 0.6) is 0 Å². The average molecular weight is 333 g/mol. The van der Waals surface area contributed by atoms with Gasteiger partial charge in [-0.15, -0.1) is 0 Å². The first-order valence-corrected chi connectivity index (χ1v) is 7.60. The Morgan fingerprint density at radius 2 is 2.05 bits per heavy atom. The number of hydrogen-bond acceptors (Lipinski definition) is 2. The van der Waals surface area contributed by atoms with Crippen LogP contribution in [0.2, 0.25) is 0 Å². The summed E-state index contributed by atoms with van der Waals surface area (Å²) in [4.78, 5) is 11.3. The predicted molar refractivity (Wildman–Crippen MR) is 85.2 cm³/mol. The van der Waals surface area contributed by atoms with E-state index in [2.05, 4.69) is 45.5 Å². The van der Waals surface area contributed by atoms with Gasteiger partial charge in [0.05, 0.1) is 5.69 Å². The van der Waals surface area contributed by atoms with E-state index in [0.29, 0.717) is 12.0 Å². The zero-order chi connectivity index (χ0) is 14.1. The molecule has 3 rings (SSSR count). The molecular formula is C16H17BrN2O. The van der Waals surface area contributed by atoms with E-state index in [1.165, 1.54) is 5.56 Å². The van der Waals surface area contributed by atoms with E-state index in [4.69, 9.17) is 0 Å². The highest BCUT2D eigenvalue weighted by molar-refractivity contribution is 9.10. The second kappa shape index (κ2) is 5.44. The van der Waals surface area contributed by atoms with Crippen molar-refractivity contribution in [3.05, 3.63) is 63.0 Å². The van der Waals surface area contributed by atoms with E-state index < -0.39 is 0 Å². The molecule has 1 N–H and O–H groups in total. The van der Waals surface area contributed by atoms with Crippen molar-refractivity contribution < 1.29 is 0 Å². The van der Waals surface area contributed by atoms with Crippen LogP contribution >= 0.6 is 15.9 Å². The highest BCUT2D eigenvalue weighted by Crippen LogP contribution is 2.39. The van der Waals surface area contributed by atoms with Gasteiger partial charge in [-0.1, -0.05) is 28.1 Å². The summed E-state index contributed by atoms with van der Waals surface area (Å²) in [6.45, 7) is 0. The van der Waals surface area contributed by atoms with Crippen LogP contribution < -0.4 is 10.9 Å². The van der Waals surface area contributed by atoms with Gasteiger partial charge in [0.2, 0.25) is 5.56 Å². The Balaban J connectivity index is 1.60. The Morgan fingerprint density at radius 1 is 1.25 bits per heavy atom. The molecule has 0 aliphatic heterocycles. The van der Waals surface area contributed by atoms with E-state index in [1.807, 2.05) is 12.3 Å². The molecule has 1 heterocycles. The van der Waals surface area contributed by atoms with Crippen molar-refractivity contribution in [2.45, 2.75) is 24.8 Å². The molecule has 1 aromatic carbocycles. The minimum atomic E-state index is 0.0242. The number of nitrogens with zero attached hydrogens (tertiary/aromatic N) is 1. The summed E-state index contributed by atoms with van der Waals surface area (Å²) in [5.74, 6) is 0.637. The maximum Gasteiger partial charge on any atom is 0.250 e. The molecule has 1 saturated carbocycles. The van der Waals surface area contributed by atoms with Crippen LogP contribution in [0.3, 0.4) is 0 Å². The van der Waals surface area contributed by atoms with Crippen molar-refractivity contribution in [1.29, 1.82) is 0 Å². The van der Waals surface area contributed by atoms with E-state index in [0.717, 1.165) is 23.0 Å². The van der Waals surface area contributed by atoms with Gasteiger partial charge in [0, 0.05) is 29.8 Å². The fraction of sp³-hybridized carbons (Fsp3) is 0.312. The number of pyridine rings is 1. The Morgan fingerprint density at radius 3 is 2.75 bits per heavy atom. The number of aromatic nitrogens is 1. The van der Waals surface area contributed by atoms with Crippen LogP contribution in [0.1, 0.15) is 24.3 Å². The summed E-state index contributed by atoms with van der Waals surface area (Å²) in [6.07, 6.45) is 4.13. The van der Waals surface area contributed by atoms with Crippen LogP contribution in [0.4, 0.5) is 5.69 Å². The Labute approximate surface area is 126 Å². The summed E-state index contributed by atoms with van der Waals surface area (Å²) < 4.78 is 2.75. The lowest BCUT2D eigenvalue weighted by Gasteiger charge is -2.37. The standard InChI is InChI=1S/C16H17BrN2O/c1-19-10-14(5-6-16(19)20)18-15-8-12(9-15)11-3-2-4-13(17)7-11/h2-7,10,12,15,18H,8-9H2,1H3. The largest absolute Gasteiger partial charge is 0.381 e. The van der Waals surface area contributed by atoms with Crippen LogP contribution in [-0.2, 0) is 7.05 Å². The summed E-state index contributed by atoms with van der Waals surface area (Å²) in [5, 5.41) is 3.49. The molecule has 0 amide bonds. The molecule has 0 saturated heterocycles. The molecule has 1 aromatic heterocycles. The summed E-state index contributed by atoms with van der Waals surface area (Å²) >= 11 is 3.52. The number of anilines is 1. The molecule has 2 aromatic rings. The summed E-state index contributed by atoms with van der Waals surface area (Å²) in [7, 11) is 1.78. The topological polar surface area (TPSA) is 34.0 Å². The van der Waals surface area contributed by atoms with E-state index in [9.17, 15) is 4.79 Å². The van der Waals surface area contributed by atoms with Crippen molar-refractivity contribution in [2.75, 3.05) is 5.32 Å². The third-order valence-corrected chi connectivity index (χ3v) is 4.41. The number of aryl methyl sites for hydroxylation is 1. The van der Waals surface area contributed by atoms with Crippen molar-refractivity contribution in [3.8, 4) is 0 Å². The molecule has 1 aliphatic rings. The monoisotopic (exact) mass is 332 g/mol. The molecule has 0 radical (unpaired) electrons. The average Bonchev–Trinajstić information content (AvgIpc) is 2.37. The predicted octanol–water partition coefficient (Wildman–Crippen LogP) is 3.51. The van der Waals surface area contributed by atoms with Crippen LogP contribution in [0, 0.1) is 0 Å². The van der Waals surface area contributed by atoms with E-state index in [1.54, 1.807) is 17.7 Å². The Kier molecular flexibility index (Phi) is 3.66. The minimum absolute atomic E-state index is 0.0242. The maximum absolute atomic E-state index is 11.3. The van der Waals surface area contributed by atoms with Crippen LogP contribution in [0.25, 0.3) is 0 Å². The fourth-order valence-electron chi connectivity index (χ4n) is 2.68. The first kappa shape index (κ1) is 13.4. The molecule has 1 fully saturated rings.